The number of ether oxygens (including phenoxy) is 3. The Bertz CT molecular complexity index is 900. The van der Waals surface area contributed by atoms with Crippen molar-refractivity contribution in [2.75, 3.05) is 14.2 Å². The Morgan fingerprint density at radius 3 is 2.36 bits per heavy atom. The molecule has 6 heteroatoms. The molecule has 1 heterocycles. The minimum atomic E-state index is -0.502. The summed E-state index contributed by atoms with van der Waals surface area (Å²) < 4.78 is 43.4. The monoisotopic (exact) mass is 343 g/mol. The molecule has 0 fully saturated rings. The summed E-state index contributed by atoms with van der Waals surface area (Å²) in [5, 5.41) is 0. The first-order valence-corrected chi connectivity index (χ1v) is 7.43. The zero-order valence-electron chi connectivity index (χ0n) is 13.6. The van der Waals surface area contributed by atoms with E-state index in [0.29, 0.717) is 17.0 Å². The fourth-order valence-corrected chi connectivity index (χ4v) is 2.31. The number of nitrogens with zero attached hydrogens (tertiary/aromatic N) is 1. The summed E-state index contributed by atoms with van der Waals surface area (Å²) in [6, 6.07) is 13.9. The van der Waals surface area contributed by atoms with Gasteiger partial charge in [0.25, 0.3) is 0 Å². The topological polar surface area (TPSA) is 40.6 Å². The maximum absolute atomic E-state index is 14.4. The number of rotatable bonds is 5. The molecule has 128 valence electrons. The van der Waals surface area contributed by atoms with Gasteiger partial charge in [0, 0.05) is 17.7 Å². The van der Waals surface area contributed by atoms with E-state index in [2.05, 4.69) is 4.98 Å². The van der Waals surface area contributed by atoms with E-state index < -0.39 is 11.6 Å². The van der Waals surface area contributed by atoms with Crippen LogP contribution >= 0.6 is 0 Å². The minimum absolute atomic E-state index is 0.0625. The van der Waals surface area contributed by atoms with Crippen molar-refractivity contribution in [2.24, 2.45) is 0 Å². The van der Waals surface area contributed by atoms with Gasteiger partial charge in [-0.3, -0.25) is 0 Å². The molecule has 25 heavy (non-hydrogen) atoms. The first-order valence-electron chi connectivity index (χ1n) is 7.43. The Hall–Kier alpha value is -3.15. The Morgan fingerprint density at radius 2 is 1.60 bits per heavy atom. The summed E-state index contributed by atoms with van der Waals surface area (Å²) in [5.41, 5.74) is 0.685. The Labute approximate surface area is 143 Å². The average Bonchev–Trinajstić information content (AvgIpc) is 2.63. The van der Waals surface area contributed by atoms with E-state index in [0.717, 1.165) is 0 Å². The van der Waals surface area contributed by atoms with Crippen LogP contribution in [0.5, 0.6) is 23.1 Å². The minimum Gasteiger partial charge on any atom is -0.494 e. The van der Waals surface area contributed by atoms with Gasteiger partial charge >= 0.3 is 0 Å². The van der Waals surface area contributed by atoms with E-state index in [1.807, 2.05) is 0 Å². The van der Waals surface area contributed by atoms with Crippen molar-refractivity contribution in [3.05, 3.63) is 66.2 Å². The fourth-order valence-electron chi connectivity index (χ4n) is 2.31. The molecule has 0 radical (unpaired) electrons. The van der Waals surface area contributed by atoms with Crippen LogP contribution < -0.4 is 14.2 Å². The predicted molar refractivity (Wildman–Crippen MR) is 89.2 cm³/mol. The van der Waals surface area contributed by atoms with Crippen molar-refractivity contribution >= 4 is 0 Å². The molecule has 0 spiro atoms. The lowest BCUT2D eigenvalue weighted by Gasteiger charge is -2.10. The van der Waals surface area contributed by atoms with Crippen LogP contribution in [0.1, 0.15) is 0 Å². The molecule has 0 saturated heterocycles. The lowest BCUT2D eigenvalue weighted by molar-refractivity contribution is 0.380. The third kappa shape index (κ3) is 3.52. The zero-order valence-corrected chi connectivity index (χ0v) is 13.6. The second-order valence-electron chi connectivity index (χ2n) is 5.08. The van der Waals surface area contributed by atoms with Crippen molar-refractivity contribution in [3.63, 3.8) is 0 Å². The summed E-state index contributed by atoms with van der Waals surface area (Å²) in [6.07, 6.45) is 0. The number of hydrogen-bond acceptors (Lipinski definition) is 4. The van der Waals surface area contributed by atoms with Crippen molar-refractivity contribution in [1.82, 2.24) is 4.98 Å². The van der Waals surface area contributed by atoms with Crippen LogP contribution in [0.4, 0.5) is 8.78 Å². The maximum Gasteiger partial charge on any atom is 0.219 e. The molecular formula is C19H15F2NO3. The average molecular weight is 343 g/mol. The molecule has 0 N–H and O–H groups in total. The van der Waals surface area contributed by atoms with Gasteiger partial charge in [-0.1, -0.05) is 12.1 Å². The van der Waals surface area contributed by atoms with Crippen LogP contribution in [0, 0.1) is 11.6 Å². The maximum atomic E-state index is 14.4. The number of methoxy groups -OCH3 is 2. The predicted octanol–water partition coefficient (Wildman–Crippen LogP) is 4.84. The van der Waals surface area contributed by atoms with E-state index >= 15 is 0 Å². The van der Waals surface area contributed by atoms with Gasteiger partial charge in [-0.2, -0.15) is 0 Å². The summed E-state index contributed by atoms with van der Waals surface area (Å²) in [7, 11) is 2.77. The van der Waals surface area contributed by atoms with Crippen LogP contribution in [-0.4, -0.2) is 19.2 Å². The van der Waals surface area contributed by atoms with Gasteiger partial charge in [-0.05, 0) is 30.3 Å². The third-order valence-corrected chi connectivity index (χ3v) is 3.53. The van der Waals surface area contributed by atoms with Crippen LogP contribution in [0.15, 0.2) is 54.6 Å². The van der Waals surface area contributed by atoms with Gasteiger partial charge < -0.3 is 14.2 Å². The van der Waals surface area contributed by atoms with Crippen LogP contribution in [-0.2, 0) is 0 Å². The Kier molecular flexibility index (Phi) is 4.79. The molecule has 0 bridgehead atoms. The van der Waals surface area contributed by atoms with E-state index in [-0.39, 0.29) is 17.4 Å². The SMILES string of the molecule is COc1cc(Oc2cccc(-c3cccc(OC)c3F)n2)ccc1F. The zero-order chi connectivity index (χ0) is 17.8. The molecule has 0 atom stereocenters. The number of pyridine rings is 1. The number of hydrogen-bond donors (Lipinski definition) is 0. The summed E-state index contributed by atoms with van der Waals surface area (Å²) >= 11 is 0. The summed E-state index contributed by atoms with van der Waals surface area (Å²) in [6.45, 7) is 0. The number of aromatic nitrogens is 1. The van der Waals surface area contributed by atoms with Gasteiger partial charge in [-0.25, -0.2) is 13.8 Å². The van der Waals surface area contributed by atoms with Gasteiger partial charge in [-0.15, -0.1) is 0 Å². The lowest BCUT2D eigenvalue weighted by Crippen LogP contribution is -1.95. The normalized spacial score (nSPS) is 10.4. The number of benzene rings is 2. The molecule has 3 rings (SSSR count). The van der Waals surface area contributed by atoms with Crippen molar-refractivity contribution in [2.45, 2.75) is 0 Å². The largest absolute Gasteiger partial charge is 0.494 e. The van der Waals surface area contributed by atoms with E-state index in [9.17, 15) is 8.78 Å². The second kappa shape index (κ2) is 7.17. The highest BCUT2D eigenvalue weighted by Gasteiger charge is 2.12. The quantitative estimate of drug-likeness (QED) is 0.665. The number of halogens is 2. The molecule has 1 aromatic heterocycles. The molecule has 3 aromatic rings. The van der Waals surface area contributed by atoms with E-state index in [1.165, 1.54) is 38.5 Å². The summed E-state index contributed by atoms with van der Waals surface area (Å²) in [4.78, 5) is 4.30. The molecule has 0 aliphatic heterocycles. The van der Waals surface area contributed by atoms with Gasteiger partial charge in [0.1, 0.15) is 5.75 Å². The fraction of sp³-hybridized carbons (Fsp3) is 0.105. The standard InChI is InChI=1S/C19H15F2NO3/c1-23-16-7-3-5-13(19(16)21)15-6-4-8-18(22-15)25-12-9-10-14(20)17(11-12)24-2/h3-11H,1-2H3. The second-order valence-corrected chi connectivity index (χ2v) is 5.08. The van der Waals surface area contributed by atoms with Gasteiger partial charge in [0.15, 0.2) is 23.1 Å². The van der Waals surface area contributed by atoms with Crippen molar-refractivity contribution in [3.8, 4) is 34.4 Å². The molecule has 0 aliphatic carbocycles. The highest BCUT2D eigenvalue weighted by atomic mass is 19.1. The molecule has 0 aliphatic rings. The van der Waals surface area contributed by atoms with E-state index in [4.69, 9.17) is 14.2 Å². The Morgan fingerprint density at radius 1 is 0.840 bits per heavy atom. The van der Waals surface area contributed by atoms with Crippen LogP contribution in [0.3, 0.4) is 0 Å². The smallest absolute Gasteiger partial charge is 0.219 e. The van der Waals surface area contributed by atoms with E-state index in [1.54, 1.807) is 30.3 Å². The van der Waals surface area contributed by atoms with Crippen molar-refractivity contribution in [1.29, 1.82) is 0 Å². The van der Waals surface area contributed by atoms with Crippen molar-refractivity contribution < 1.29 is 23.0 Å². The van der Waals surface area contributed by atoms with Crippen LogP contribution in [0.25, 0.3) is 11.3 Å². The van der Waals surface area contributed by atoms with Gasteiger partial charge in [0.05, 0.1) is 19.9 Å². The highest BCUT2D eigenvalue weighted by Crippen LogP contribution is 2.31. The highest BCUT2D eigenvalue weighted by molar-refractivity contribution is 5.62. The molecule has 0 unspecified atom stereocenters. The summed E-state index contributed by atoms with van der Waals surface area (Å²) in [5.74, 6) is -0.197. The molecule has 0 saturated carbocycles. The van der Waals surface area contributed by atoms with Crippen LogP contribution in [0.2, 0.25) is 0 Å². The third-order valence-electron chi connectivity index (χ3n) is 3.53. The molecule has 0 amide bonds. The first kappa shape index (κ1) is 16.7. The first-order chi connectivity index (χ1) is 12.1. The van der Waals surface area contributed by atoms with Gasteiger partial charge in [0.2, 0.25) is 5.88 Å². The molecular weight excluding hydrogens is 328 g/mol. The Balaban J connectivity index is 1.92. The lowest BCUT2D eigenvalue weighted by atomic mass is 10.1. The molecule has 4 nitrogen and oxygen atoms in total. The molecule has 2 aromatic carbocycles.